The largest absolute Gasteiger partial charge is 0.508 e. The van der Waals surface area contributed by atoms with Crippen LogP contribution in [-0.4, -0.2) is 215 Å². The lowest BCUT2D eigenvalue weighted by molar-refractivity contribution is -0.148. The molecule has 3 aliphatic rings. The van der Waals surface area contributed by atoms with Gasteiger partial charge in [-0.15, -0.1) is 0 Å². The number of phenolic OH excluding ortho intramolecular Hbond substituents is 1. The molecule has 8 unspecified atom stereocenters. The Balaban J connectivity index is 1.23. The maximum Gasteiger partial charge on any atom is 0.251 e. The van der Waals surface area contributed by atoms with Gasteiger partial charge in [-0.25, -0.2) is 0 Å². The summed E-state index contributed by atoms with van der Waals surface area (Å²) in [5.74, 6) is -8.52. The number of aliphatic hydroxyl groups is 8. The second kappa shape index (κ2) is 30.3. The highest BCUT2D eigenvalue weighted by molar-refractivity contribution is 6.00. The van der Waals surface area contributed by atoms with Crippen LogP contribution in [0.4, 0.5) is 0 Å². The summed E-state index contributed by atoms with van der Waals surface area (Å²) in [5.41, 5.74) is 9.29. The Morgan fingerprint density at radius 1 is 0.678 bits per heavy atom. The van der Waals surface area contributed by atoms with Crippen molar-refractivity contribution < 1.29 is 84.3 Å². The molecule has 3 aliphatic heterocycles. The molecule has 26 heteroatoms. The van der Waals surface area contributed by atoms with E-state index in [2.05, 4.69) is 38.8 Å². The van der Waals surface area contributed by atoms with Gasteiger partial charge in [-0.2, -0.15) is 0 Å². The summed E-state index contributed by atoms with van der Waals surface area (Å²) in [7, 11) is 0. The van der Waals surface area contributed by atoms with Gasteiger partial charge < -0.3 is 92.8 Å². The van der Waals surface area contributed by atoms with Gasteiger partial charge in [0.1, 0.15) is 66.1 Å². The van der Waals surface area contributed by atoms with Crippen LogP contribution in [0.2, 0.25) is 0 Å². The van der Waals surface area contributed by atoms with E-state index in [4.69, 9.17) is 10.5 Å². The van der Waals surface area contributed by atoms with Crippen LogP contribution in [0, 0.1) is 5.92 Å². The topological polar surface area (TPSA) is 415 Å². The summed E-state index contributed by atoms with van der Waals surface area (Å²) in [6.45, 7) is 4.54. The second-order valence-corrected chi connectivity index (χ2v) is 22.6. The molecule has 26 nitrogen and oxygen atoms in total. The van der Waals surface area contributed by atoms with Crippen LogP contribution in [0.1, 0.15) is 81.8 Å². The third-order valence-corrected chi connectivity index (χ3v) is 16.0. The van der Waals surface area contributed by atoms with Crippen molar-refractivity contribution in [1.29, 1.82) is 0 Å². The Morgan fingerprint density at radius 3 is 1.77 bits per heavy atom. The zero-order chi connectivity index (χ0) is 63.4. The molecule has 0 spiro atoms. The lowest BCUT2D eigenvalue weighted by Crippen LogP contribution is -2.65. The van der Waals surface area contributed by atoms with E-state index >= 15 is 0 Å². The molecule has 4 aromatic rings. The number of phenols is 1. The summed E-state index contributed by atoms with van der Waals surface area (Å²) in [4.78, 5) is 104. The molecular formula is C61H81N9O17. The Kier molecular flexibility index (Phi) is 23.3. The number of carbonyl (C=O) groups excluding carboxylic acids is 7. The Hall–Kier alpha value is -7.63. The first-order valence-electron chi connectivity index (χ1n) is 29.1. The Bertz CT molecular complexity index is 2990. The van der Waals surface area contributed by atoms with Crippen LogP contribution in [0.3, 0.4) is 0 Å². The van der Waals surface area contributed by atoms with E-state index in [-0.39, 0.29) is 30.0 Å². The van der Waals surface area contributed by atoms with Gasteiger partial charge in [0.05, 0.1) is 43.7 Å². The van der Waals surface area contributed by atoms with Gasteiger partial charge >= 0.3 is 0 Å². The summed E-state index contributed by atoms with van der Waals surface area (Å²) < 4.78 is 5.86. The number of nitrogens with zero attached hydrogens (tertiary/aromatic N) is 2. The monoisotopic (exact) mass is 1210 g/mol. The second-order valence-electron chi connectivity index (χ2n) is 22.6. The number of amides is 7. The number of rotatable bonds is 18. The maximum absolute atomic E-state index is 14.8. The predicted molar refractivity (Wildman–Crippen MR) is 314 cm³/mol. The van der Waals surface area contributed by atoms with Crippen molar-refractivity contribution in [2.24, 2.45) is 11.7 Å². The minimum absolute atomic E-state index is 0.0168. The van der Waals surface area contributed by atoms with Crippen LogP contribution in [0.25, 0.3) is 22.3 Å². The minimum atomic E-state index is -2.30. The normalized spacial score (nSPS) is 27.0. The van der Waals surface area contributed by atoms with Crippen LogP contribution >= 0.6 is 0 Å². The molecule has 0 aromatic heterocycles. The molecule has 16 atom stereocenters. The summed E-state index contributed by atoms with van der Waals surface area (Å²) in [6.07, 6.45) is -12.9. The molecule has 0 bridgehead atoms. The van der Waals surface area contributed by atoms with E-state index in [9.17, 15) is 79.5 Å². The van der Waals surface area contributed by atoms with Gasteiger partial charge in [0.25, 0.3) is 5.91 Å². The number of hydrogen-bond acceptors (Lipinski definition) is 19. The molecule has 4 aromatic carbocycles. The van der Waals surface area contributed by atoms with Gasteiger partial charge in [-0.1, -0.05) is 87.4 Å². The average molecular weight is 1210 g/mol. The highest BCUT2D eigenvalue weighted by Gasteiger charge is 2.50. The number of nitrogens with two attached hydrogens (primary N) is 1. The third kappa shape index (κ3) is 16.5. The van der Waals surface area contributed by atoms with E-state index in [0.717, 1.165) is 77.5 Å². The molecule has 3 heterocycles. The fourth-order valence-electron chi connectivity index (χ4n) is 10.8. The van der Waals surface area contributed by atoms with Crippen LogP contribution in [0.15, 0.2) is 97.1 Å². The first-order valence-corrected chi connectivity index (χ1v) is 29.1. The van der Waals surface area contributed by atoms with E-state index in [1.165, 1.54) is 31.2 Å². The summed E-state index contributed by atoms with van der Waals surface area (Å²) in [5, 5.41) is 115. The molecule has 3 saturated heterocycles. The van der Waals surface area contributed by atoms with Gasteiger partial charge in [-0.3, -0.25) is 38.9 Å². The average Bonchev–Trinajstić information content (AvgIpc) is 1.95. The number of benzene rings is 4. The lowest BCUT2D eigenvalue weighted by Gasteiger charge is -2.35. The predicted octanol–water partition coefficient (Wildman–Crippen LogP) is -2.01. The smallest absolute Gasteiger partial charge is 0.251 e. The van der Waals surface area contributed by atoms with Gasteiger partial charge in [0.2, 0.25) is 35.4 Å². The number of carbonyl (C=O) groups is 7. The van der Waals surface area contributed by atoms with Crippen molar-refractivity contribution in [3.63, 3.8) is 0 Å². The minimum Gasteiger partial charge on any atom is -0.508 e. The standard InChI is InChI=1S/C61H81N9O17/c1-5-6-7-24-87-43-22-18-37(19-23-43)35-10-8-34(9-11-35)36-12-14-39(15-13-36)55(80)64-44-26-46(76)54(63-40(27-62)30-71)68-59(84)50-51(77)31(2)28-70(50)61(86)48(33(4)73)66-58(83)49(53(79)52(78)38-16-20-41(74)21-17-38)67-57(82)45-25-42(75)29-69(45)60(85)47(32(3)72)65-56(44)81/h8-23,31-33,40,42,44-54,63,71-79H,5-7,24-30,62H2,1-4H3,(H,64,80)(H,65,81)(H,66,83)(H,67,82)(H,68,84)/t31-,32+,33+,40?,42+,44?,45?,46+,47?,48?,49?,50?,51-,52-,53-,54?/m0/s1. The number of nitrogens with one attached hydrogen (secondary N) is 6. The first-order chi connectivity index (χ1) is 41.4. The SMILES string of the molecule is CCCCCOc1ccc(-c2ccc(-c3ccc(C(=O)NC4C[C@@H](O)C(NC(CN)CO)NC(=O)C5[C@@H](O)[C@@H](C)CN5C(=O)C([C@@H](C)O)NC(=O)C([C@H](O)[C@@H](O)c5ccc(O)cc5)NC(=O)C5C[C@@H](O)CN5C(=O)C([C@@H](C)O)NC4=O)cc3)cc2)cc1. The Morgan fingerprint density at radius 2 is 1.22 bits per heavy atom. The molecule has 17 N–H and O–H groups in total. The van der Waals surface area contributed by atoms with E-state index < -0.39 is 164 Å². The van der Waals surface area contributed by atoms with Crippen LogP contribution in [0.5, 0.6) is 11.5 Å². The summed E-state index contributed by atoms with van der Waals surface area (Å²) >= 11 is 0. The fraction of sp³-hybridized carbons (Fsp3) is 0.492. The van der Waals surface area contributed by atoms with E-state index in [1.807, 2.05) is 48.5 Å². The quantitative estimate of drug-likeness (QED) is 0.0479. The number of aromatic hydroxyl groups is 1. The highest BCUT2D eigenvalue weighted by Crippen LogP contribution is 2.30. The van der Waals surface area contributed by atoms with Gasteiger partial charge in [-0.05, 0) is 84.5 Å². The molecule has 472 valence electrons. The zero-order valence-corrected chi connectivity index (χ0v) is 48.8. The van der Waals surface area contributed by atoms with Crippen molar-refractivity contribution in [3.05, 3.63) is 108 Å². The number of fused-ring (bicyclic) bond motifs is 2. The number of aliphatic hydroxyl groups excluding tert-OH is 8. The third-order valence-electron chi connectivity index (χ3n) is 16.0. The maximum atomic E-state index is 14.8. The Labute approximate surface area is 503 Å². The number of hydrogen-bond donors (Lipinski definition) is 16. The zero-order valence-electron chi connectivity index (χ0n) is 48.8. The summed E-state index contributed by atoms with van der Waals surface area (Å²) in [6, 6.07) is 13.8. The molecule has 0 radical (unpaired) electrons. The van der Waals surface area contributed by atoms with E-state index in [1.54, 1.807) is 12.1 Å². The number of ether oxygens (including phenoxy) is 1. The van der Waals surface area contributed by atoms with Crippen LogP contribution in [-0.2, 0) is 28.8 Å². The highest BCUT2D eigenvalue weighted by atomic mass is 16.5. The molecule has 87 heavy (non-hydrogen) atoms. The molecule has 7 rings (SSSR count). The van der Waals surface area contributed by atoms with Crippen molar-refractivity contribution in [2.75, 3.05) is 32.8 Å². The van der Waals surface area contributed by atoms with Crippen molar-refractivity contribution in [2.45, 2.75) is 151 Å². The number of unbranched alkanes of at least 4 members (excludes halogenated alkanes) is 2. The molecule has 3 fully saturated rings. The van der Waals surface area contributed by atoms with Crippen molar-refractivity contribution in [3.8, 4) is 33.8 Å². The van der Waals surface area contributed by atoms with Crippen molar-refractivity contribution in [1.82, 2.24) is 41.7 Å². The van der Waals surface area contributed by atoms with Gasteiger partial charge in [0.15, 0.2) is 0 Å². The fourth-order valence-corrected chi connectivity index (χ4v) is 10.8. The van der Waals surface area contributed by atoms with Crippen molar-refractivity contribution >= 4 is 41.4 Å². The molecule has 0 saturated carbocycles. The molecular weight excluding hydrogens is 1130 g/mol. The lowest BCUT2D eigenvalue weighted by atomic mass is 9.96. The van der Waals surface area contributed by atoms with Crippen LogP contribution < -0.4 is 42.4 Å². The van der Waals surface area contributed by atoms with Gasteiger partial charge in [0, 0.05) is 50.0 Å². The first kappa shape index (κ1) is 66.9. The molecule has 7 amide bonds. The molecule has 0 aliphatic carbocycles. The van der Waals surface area contributed by atoms with E-state index in [0.29, 0.717) is 12.2 Å².